The Morgan fingerprint density at radius 1 is 1.15 bits per heavy atom. The fraction of sp³-hybridized carbons (Fsp3) is 0.414. The third-order valence-corrected chi connectivity index (χ3v) is 9.48. The van der Waals surface area contributed by atoms with Crippen LogP contribution in [0.1, 0.15) is 30.5 Å². The zero-order valence-electron chi connectivity index (χ0n) is 23.6. The summed E-state index contributed by atoms with van der Waals surface area (Å²) in [6.07, 6.45) is 0.229. The third kappa shape index (κ3) is 7.69. The van der Waals surface area contributed by atoms with Crippen LogP contribution in [0.15, 0.2) is 66.1 Å². The molecule has 41 heavy (non-hydrogen) atoms. The fourth-order valence-electron chi connectivity index (χ4n) is 4.73. The normalized spacial score (nSPS) is 17.6. The summed E-state index contributed by atoms with van der Waals surface area (Å²) in [7, 11) is 1.78. The van der Waals surface area contributed by atoms with Crippen LogP contribution in [0, 0.1) is 6.92 Å². The summed E-state index contributed by atoms with van der Waals surface area (Å²) in [6.45, 7) is 6.16. The first kappa shape index (κ1) is 30.6. The second-order valence-corrected chi connectivity index (χ2v) is 13.1. The van der Waals surface area contributed by atoms with Gasteiger partial charge in [-0.15, -0.1) is 22.0 Å². The molecule has 12 heteroatoms. The molecule has 1 aliphatic rings. The molecule has 1 fully saturated rings. The van der Waals surface area contributed by atoms with Crippen molar-refractivity contribution in [1.82, 2.24) is 30.3 Å². The van der Waals surface area contributed by atoms with E-state index < -0.39 is 28.8 Å². The highest BCUT2D eigenvalue weighted by atomic mass is 32.2. The van der Waals surface area contributed by atoms with E-state index in [0.29, 0.717) is 11.7 Å². The average molecular weight is 597 g/mol. The summed E-state index contributed by atoms with van der Waals surface area (Å²) >= 11 is 2.69. The summed E-state index contributed by atoms with van der Waals surface area (Å²) in [5.41, 5.74) is 2.91. The van der Waals surface area contributed by atoms with Gasteiger partial charge in [0.2, 0.25) is 11.8 Å². The zero-order chi connectivity index (χ0) is 29.6. The van der Waals surface area contributed by atoms with Crippen molar-refractivity contribution >= 4 is 41.2 Å². The van der Waals surface area contributed by atoms with E-state index in [1.165, 1.54) is 28.4 Å². The number of aromatic nitrogens is 3. The van der Waals surface area contributed by atoms with E-state index in [0.717, 1.165) is 16.7 Å². The summed E-state index contributed by atoms with van der Waals surface area (Å²) in [6, 6.07) is 15.5. The molecule has 0 spiro atoms. The van der Waals surface area contributed by atoms with Crippen molar-refractivity contribution in [3.8, 4) is 0 Å². The van der Waals surface area contributed by atoms with Crippen LogP contribution >= 0.6 is 23.5 Å². The number of rotatable bonds is 11. The SMILES string of the molecule is Cc1ccccc1CNC(=O)C1N(C(=O)[C@@H](O)[C@H](Cc2ccccc2)NC(=O)CSc2nncn2C)CSC1(C)C. The molecule has 3 amide bonds. The molecule has 1 aromatic heterocycles. The lowest BCUT2D eigenvalue weighted by molar-refractivity contribution is -0.147. The number of thioether (sulfide) groups is 2. The molecule has 2 aromatic carbocycles. The van der Waals surface area contributed by atoms with Gasteiger partial charge in [0.15, 0.2) is 11.3 Å². The molecule has 1 saturated heterocycles. The number of nitrogens with zero attached hydrogens (tertiary/aromatic N) is 4. The predicted molar refractivity (Wildman–Crippen MR) is 160 cm³/mol. The van der Waals surface area contributed by atoms with E-state index in [4.69, 9.17) is 0 Å². The average Bonchev–Trinajstić information content (AvgIpc) is 3.51. The monoisotopic (exact) mass is 596 g/mol. The molecule has 1 unspecified atom stereocenters. The van der Waals surface area contributed by atoms with E-state index in [9.17, 15) is 19.5 Å². The molecule has 218 valence electrons. The summed E-state index contributed by atoms with van der Waals surface area (Å²) in [5, 5.41) is 25.6. The maximum Gasteiger partial charge on any atom is 0.254 e. The fourth-order valence-corrected chi connectivity index (χ4v) is 6.57. The Balaban J connectivity index is 1.48. The maximum atomic E-state index is 13.8. The van der Waals surface area contributed by atoms with Crippen molar-refractivity contribution in [2.24, 2.45) is 7.05 Å². The topological polar surface area (TPSA) is 129 Å². The lowest BCUT2D eigenvalue weighted by Gasteiger charge is -2.33. The minimum absolute atomic E-state index is 0.0370. The van der Waals surface area contributed by atoms with Gasteiger partial charge >= 0.3 is 0 Å². The predicted octanol–water partition coefficient (Wildman–Crippen LogP) is 2.30. The third-order valence-electron chi connectivity index (χ3n) is 7.07. The summed E-state index contributed by atoms with van der Waals surface area (Å²) in [5.74, 6) is -0.947. The molecule has 4 rings (SSSR count). The lowest BCUT2D eigenvalue weighted by atomic mass is 9.97. The molecule has 3 aromatic rings. The highest BCUT2D eigenvalue weighted by molar-refractivity contribution is 8.01. The first-order chi connectivity index (χ1) is 19.6. The van der Waals surface area contributed by atoms with Crippen molar-refractivity contribution < 1.29 is 19.5 Å². The van der Waals surface area contributed by atoms with E-state index in [1.54, 1.807) is 17.9 Å². The van der Waals surface area contributed by atoms with E-state index >= 15 is 0 Å². The Hall–Kier alpha value is -3.35. The number of carbonyl (C=O) groups is 3. The number of aryl methyl sites for hydroxylation is 2. The van der Waals surface area contributed by atoms with Gasteiger partial charge in [0, 0.05) is 18.3 Å². The van der Waals surface area contributed by atoms with Gasteiger partial charge in [-0.05, 0) is 43.9 Å². The maximum absolute atomic E-state index is 13.8. The Bertz CT molecular complexity index is 1370. The van der Waals surface area contributed by atoms with Crippen LogP contribution in [0.25, 0.3) is 0 Å². The largest absolute Gasteiger partial charge is 0.381 e. The zero-order valence-corrected chi connectivity index (χ0v) is 25.2. The second-order valence-electron chi connectivity index (χ2n) is 10.6. The first-order valence-electron chi connectivity index (χ1n) is 13.3. The van der Waals surface area contributed by atoms with Crippen LogP contribution in [0.3, 0.4) is 0 Å². The highest BCUT2D eigenvalue weighted by Crippen LogP contribution is 2.40. The van der Waals surface area contributed by atoms with Crippen LogP contribution < -0.4 is 10.6 Å². The molecule has 3 atom stereocenters. The standard InChI is InChI=1S/C29H36N6O4S2/c1-19-10-8-9-13-21(19)15-30-26(38)25-29(2,3)41-18-35(25)27(39)24(37)22(14-20-11-6-5-7-12-20)32-23(36)16-40-28-33-31-17-34(28)4/h5-13,17,22,24-25,37H,14-16,18H2,1-4H3,(H,30,38)(H,32,36)/t22-,24-,25?/m0/s1. The molecule has 3 N–H and O–H groups in total. The van der Waals surface area contributed by atoms with Crippen LogP contribution in [-0.4, -0.2) is 77.1 Å². The number of hydrogen-bond acceptors (Lipinski definition) is 8. The van der Waals surface area contributed by atoms with Gasteiger partial charge in [-0.1, -0.05) is 66.4 Å². The lowest BCUT2D eigenvalue weighted by Crippen LogP contribution is -2.58. The van der Waals surface area contributed by atoms with Crippen molar-refractivity contribution in [2.45, 2.75) is 61.8 Å². The van der Waals surface area contributed by atoms with Crippen LogP contribution in [0.4, 0.5) is 0 Å². The molecule has 1 aliphatic heterocycles. The number of amides is 3. The van der Waals surface area contributed by atoms with Gasteiger partial charge in [0.05, 0.1) is 17.7 Å². The Morgan fingerprint density at radius 2 is 1.85 bits per heavy atom. The summed E-state index contributed by atoms with van der Waals surface area (Å²) in [4.78, 5) is 41.6. The van der Waals surface area contributed by atoms with E-state index in [2.05, 4.69) is 20.8 Å². The molecule has 10 nitrogen and oxygen atoms in total. The van der Waals surface area contributed by atoms with Crippen molar-refractivity contribution in [3.63, 3.8) is 0 Å². The number of carbonyl (C=O) groups excluding carboxylic acids is 3. The quantitative estimate of drug-likeness (QED) is 0.288. The highest BCUT2D eigenvalue weighted by Gasteiger charge is 2.49. The van der Waals surface area contributed by atoms with Gasteiger partial charge in [-0.25, -0.2) is 0 Å². The molecular formula is C29H36N6O4S2. The molecule has 0 bridgehead atoms. The Kier molecular flexibility index (Phi) is 10.1. The first-order valence-corrected chi connectivity index (χ1v) is 15.3. The van der Waals surface area contributed by atoms with Gasteiger partial charge in [-0.3, -0.25) is 14.4 Å². The van der Waals surface area contributed by atoms with E-state index in [-0.39, 0.29) is 29.9 Å². The Labute approximate surface area is 248 Å². The minimum Gasteiger partial charge on any atom is -0.381 e. The van der Waals surface area contributed by atoms with Gasteiger partial charge in [0.25, 0.3) is 5.91 Å². The molecule has 2 heterocycles. The smallest absolute Gasteiger partial charge is 0.254 e. The molecule has 0 aliphatic carbocycles. The number of benzene rings is 2. The molecular weight excluding hydrogens is 560 g/mol. The van der Waals surface area contributed by atoms with Crippen LogP contribution in [0.5, 0.6) is 0 Å². The number of aliphatic hydroxyl groups excluding tert-OH is 1. The van der Waals surface area contributed by atoms with Crippen molar-refractivity contribution in [3.05, 3.63) is 77.6 Å². The van der Waals surface area contributed by atoms with Gasteiger partial charge < -0.3 is 25.2 Å². The van der Waals surface area contributed by atoms with E-state index in [1.807, 2.05) is 75.4 Å². The number of nitrogens with one attached hydrogen (secondary N) is 2. The van der Waals surface area contributed by atoms with Crippen molar-refractivity contribution in [2.75, 3.05) is 11.6 Å². The van der Waals surface area contributed by atoms with Gasteiger partial charge in [0.1, 0.15) is 12.4 Å². The number of hydrogen-bond donors (Lipinski definition) is 3. The van der Waals surface area contributed by atoms with Crippen molar-refractivity contribution in [1.29, 1.82) is 0 Å². The van der Waals surface area contributed by atoms with Crippen LogP contribution in [0.2, 0.25) is 0 Å². The Morgan fingerprint density at radius 3 is 2.54 bits per heavy atom. The molecule has 0 saturated carbocycles. The number of aliphatic hydroxyl groups is 1. The summed E-state index contributed by atoms with van der Waals surface area (Å²) < 4.78 is 1.13. The second kappa shape index (κ2) is 13.5. The minimum atomic E-state index is -1.56. The van der Waals surface area contributed by atoms with Crippen LogP contribution in [-0.2, 0) is 34.4 Å². The van der Waals surface area contributed by atoms with Gasteiger partial charge in [-0.2, -0.15) is 0 Å². The molecule has 0 radical (unpaired) electrons.